The van der Waals surface area contributed by atoms with Crippen LogP contribution < -0.4 is 5.56 Å². The van der Waals surface area contributed by atoms with E-state index in [0.717, 1.165) is 0 Å². The minimum atomic E-state index is -0.424. The second-order valence-corrected chi connectivity index (χ2v) is 9.54. The number of carbonyl (C=O) groups excluding carboxylic acids is 2. The SMILES string of the molecule is CC(C)CN1C[C@H](OCc2cccc(F)c2)CN(C(=O)CCn2cnc3ccccc3c2=O)CC1=O. The van der Waals surface area contributed by atoms with Gasteiger partial charge in [-0.3, -0.25) is 19.0 Å². The third kappa shape index (κ3) is 6.34. The summed E-state index contributed by atoms with van der Waals surface area (Å²) in [4.78, 5) is 46.4. The van der Waals surface area contributed by atoms with Crippen molar-refractivity contribution in [3.8, 4) is 0 Å². The Labute approximate surface area is 209 Å². The summed E-state index contributed by atoms with van der Waals surface area (Å²) in [6.45, 7) is 5.48. The van der Waals surface area contributed by atoms with Gasteiger partial charge in [-0.2, -0.15) is 0 Å². The third-order valence-corrected chi connectivity index (χ3v) is 6.14. The molecule has 2 amide bonds. The summed E-state index contributed by atoms with van der Waals surface area (Å²) in [5, 5.41) is 0.493. The molecule has 8 nitrogen and oxygen atoms in total. The predicted octanol–water partition coefficient (Wildman–Crippen LogP) is 2.84. The van der Waals surface area contributed by atoms with Crippen molar-refractivity contribution in [3.05, 3.63) is 76.6 Å². The van der Waals surface area contributed by atoms with E-state index in [1.807, 2.05) is 19.9 Å². The van der Waals surface area contributed by atoms with Gasteiger partial charge in [0.2, 0.25) is 11.8 Å². The van der Waals surface area contributed by atoms with E-state index in [1.165, 1.54) is 27.9 Å². The van der Waals surface area contributed by atoms with E-state index in [9.17, 15) is 18.8 Å². The van der Waals surface area contributed by atoms with Crippen LogP contribution in [0.25, 0.3) is 10.9 Å². The number of nitrogens with zero attached hydrogens (tertiary/aromatic N) is 4. The average Bonchev–Trinajstić information content (AvgIpc) is 3.00. The fraction of sp³-hybridized carbons (Fsp3) is 0.407. The molecule has 0 radical (unpaired) electrons. The molecular weight excluding hydrogens is 463 g/mol. The van der Waals surface area contributed by atoms with E-state index in [0.29, 0.717) is 29.6 Å². The molecule has 9 heteroatoms. The van der Waals surface area contributed by atoms with Crippen molar-refractivity contribution in [2.24, 2.45) is 5.92 Å². The van der Waals surface area contributed by atoms with Gasteiger partial charge in [0.05, 0.1) is 36.5 Å². The molecule has 0 unspecified atom stereocenters. The molecule has 2 heterocycles. The minimum Gasteiger partial charge on any atom is -0.370 e. The molecule has 1 atom stereocenters. The second-order valence-electron chi connectivity index (χ2n) is 9.54. The first-order valence-corrected chi connectivity index (χ1v) is 12.2. The Balaban J connectivity index is 1.46. The van der Waals surface area contributed by atoms with Crippen LogP contribution in [-0.4, -0.2) is 63.4 Å². The number of hydrogen-bond acceptors (Lipinski definition) is 5. The van der Waals surface area contributed by atoms with Crippen molar-refractivity contribution in [3.63, 3.8) is 0 Å². The smallest absolute Gasteiger partial charge is 0.261 e. The number of ether oxygens (including phenoxy) is 1. The van der Waals surface area contributed by atoms with Crippen molar-refractivity contribution >= 4 is 22.7 Å². The van der Waals surface area contributed by atoms with E-state index in [4.69, 9.17) is 4.74 Å². The summed E-state index contributed by atoms with van der Waals surface area (Å²) in [6.07, 6.45) is 1.07. The lowest BCUT2D eigenvalue weighted by Gasteiger charge is -2.26. The van der Waals surface area contributed by atoms with E-state index in [-0.39, 0.29) is 61.8 Å². The Bertz CT molecular complexity index is 1290. The van der Waals surface area contributed by atoms with Crippen LogP contribution in [0.2, 0.25) is 0 Å². The zero-order valence-electron chi connectivity index (χ0n) is 20.6. The maximum atomic E-state index is 13.6. The fourth-order valence-corrected chi connectivity index (χ4v) is 4.37. The number of hydrogen-bond donors (Lipinski definition) is 0. The molecule has 1 fully saturated rings. The average molecular weight is 495 g/mol. The zero-order valence-corrected chi connectivity index (χ0v) is 20.6. The summed E-state index contributed by atoms with van der Waals surface area (Å²) >= 11 is 0. The molecule has 1 aliphatic heterocycles. The number of aromatic nitrogens is 2. The highest BCUT2D eigenvalue weighted by Crippen LogP contribution is 2.15. The third-order valence-electron chi connectivity index (χ3n) is 6.14. The Morgan fingerprint density at radius 1 is 1.14 bits per heavy atom. The maximum Gasteiger partial charge on any atom is 0.261 e. The standard InChI is InChI=1S/C27H31FN4O4/c1-19(2)13-31-14-22(36-17-20-6-5-7-21(28)12-20)15-32(16-26(31)34)25(33)10-11-30-18-29-24-9-4-3-8-23(24)27(30)35/h3-9,12,18-19,22H,10-11,13-17H2,1-2H3/t22-/m0/s1. The van der Waals surface area contributed by atoms with Gasteiger partial charge < -0.3 is 14.5 Å². The van der Waals surface area contributed by atoms with Gasteiger partial charge in [-0.1, -0.05) is 38.1 Å². The monoisotopic (exact) mass is 494 g/mol. The molecule has 0 aliphatic carbocycles. The lowest BCUT2D eigenvalue weighted by molar-refractivity contribution is -0.139. The van der Waals surface area contributed by atoms with Crippen LogP contribution in [0.1, 0.15) is 25.8 Å². The summed E-state index contributed by atoms with van der Waals surface area (Å²) in [6, 6.07) is 13.2. The molecule has 1 aromatic heterocycles. The number of halogens is 1. The van der Waals surface area contributed by atoms with E-state index in [2.05, 4.69) is 4.98 Å². The Morgan fingerprint density at radius 3 is 2.72 bits per heavy atom. The van der Waals surface area contributed by atoms with Crippen LogP contribution in [-0.2, 0) is 27.5 Å². The molecule has 0 N–H and O–H groups in total. The Morgan fingerprint density at radius 2 is 1.94 bits per heavy atom. The first-order valence-electron chi connectivity index (χ1n) is 12.2. The van der Waals surface area contributed by atoms with Crippen LogP contribution in [0.5, 0.6) is 0 Å². The molecule has 0 spiro atoms. The van der Waals surface area contributed by atoms with Crippen LogP contribution in [0.3, 0.4) is 0 Å². The summed E-state index contributed by atoms with van der Waals surface area (Å²) in [7, 11) is 0. The summed E-state index contributed by atoms with van der Waals surface area (Å²) in [5.41, 5.74) is 1.08. The molecule has 2 aromatic carbocycles. The number of para-hydroxylation sites is 1. The van der Waals surface area contributed by atoms with Crippen molar-refractivity contribution in [1.29, 1.82) is 0 Å². The Kier molecular flexibility index (Phi) is 8.10. The van der Waals surface area contributed by atoms with Gasteiger partial charge in [0.1, 0.15) is 5.82 Å². The van der Waals surface area contributed by atoms with Crippen LogP contribution in [0, 0.1) is 11.7 Å². The molecule has 4 rings (SSSR count). The lowest BCUT2D eigenvalue weighted by Crippen LogP contribution is -2.41. The fourth-order valence-electron chi connectivity index (χ4n) is 4.37. The molecule has 36 heavy (non-hydrogen) atoms. The van der Waals surface area contributed by atoms with Gasteiger partial charge >= 0.3 is 0 Å². The van der Waals surface area contributed by atoms with E-state index >= 15 is 0 Å². The molecule has 0 saturated carbocycles. The lowest BCUT2D eigenvalue weighted by atomic mass is 10.2. The highest BCUT2D eigenvalue weighted by Gasteiger charge is 2.31. The van der Waals surface area contributed by atoms with E-state index < -0.39 is 6.10 Å². The quantitative estimate of drug-likeness (QED) is 0.481. The van der Waals surface area contributed by atoms with Crippen molar-refractivity contribution in [2.45, 2.75) is 39.5 Å². The van der Waals surface area contributed by atoms with Crippen molar-refractivity contribution < 1.29 is 18.7 Å². The first kappa shape index (κ1) is 25.5. The second kappa shape index (κ2) is 11.4. The molecule has 0 bridgehead atoms. The maximum absolute atomic E-state index is 13.6. The topological polar surface area (TPSA) is 84.7 Å². The van der Waals surface area contributed by atoms with Crippen molar-refractivity contribution in [2.75, 3.05) is 26.2 Å². The van der Waals surface area contributed by atoms with Gasteiger partial charge in [0.15, 0.2) is 0 Å². The molecule has 1 saturated heterocycles. The Hall–Kier alpha value is -3.59. The number of fused-ring (bicyclic) bond motifs is 1. The summed E-state index contributed by atoms with van der Waals surface area (Å²) in [5.74, 6) is -0.469. The number of carbonyl (C=O) groups is 2. The minimum absolute atomic E-state index is 0.0454. The summed E-state index contributed by atoms with van der Waals surface area (Å²) < 4.78 is 21.0. The van der Waals surface area contributed by atoms with Crippen LogP contribution in [0.15, 0.2) is 59.7 Å². The number of rotatable bonds is 8. The predicted molar refractivity (Wildman–Crippen MR) is 134 cm³/mol. The zero-order chi connectivity index (χ0) is 25.7. The number of benzene rings is 2. The van der Waals surface area contributed by atoms with Gasteiger partial charge in [0, 0.05) is 32.6 Å². The number of aryl methyl sites for hydroxylation is 1. The molecule has 190 valence electrons. The van der Waals surface area contributed by atoms with Crippen LogP contribution in [0.4, 0.5) is 4.39 Å². The van der Waals surface area contributed by atoms with Crippen LogP contribution >= 0.6 is 0 Å². The normalized spacial score (nSPS) is 16.6. The number of amides is 2. The van der Waals surface area contributed by atoms with Gasteiger partial charge in [-0.15, -0.1) is 0 Å². The van der Waals surface area contributed by atoms with Crippen molar-refractivity contribution in [1.82, 2.24) is 19.4 Å². The van der Waals surface area contributed by atoms with Gasteiger partial charge in [0.25, 0.3) is 5.56 Å². The largest absolute Gasteiger partial charge is 0.370 e. The highest BCUT2D eigenvalue weighted by molar-refractivity contribution is 5.85. The van der Waals surface area contributed by atoms with Gasteiger partial charge in [-0.25, -0.2) is 9.37 Å². The molecule has 1 aliphatic rings. The highest BCUT2D eigenvalue weighted by atomic mass is 19.1. The molecule has 3 aromatic rings. The molecular formula is C27H31FN4O4. The first-order chi connectivity index (χ1) is 17.3. The van der Waals surface area contributed by atoms with Gasteiger partial charge in [-0.05, 0) is 35.7 Å². The van der Waals surface area contributed by atoms with E-state index in [1.54, 1.807) is 35.2 Å².